The highest BCUT2D eigenvalue weighted by Gasteiger charge is 2.82. The maximum Gasteiger partial charge on any atom is 0.306 e. The summed E-state index contributed by atoms with van der Waals surface area (Å²) in [6.07, 6.45) is -0.0277. The van der Waals surface area contributed by atoms with Gasteiger partial charge in [-0.05, 0) is 30.6 Å². The molecule has 24 heavy (non-hydrogen) atoms. The van der Waals surface area contributed by atoms with Crippen molar-refractivity contribution in [1.82, 2.24) is 0 Å². The van der Waals surface area contributed by atoms with E-state index in [4.69, 9.17) is 74.7 Å². The minimum absolute atomic E-state index is 0.0351. The number of fused-ring (bicyclic) bond motifs is 5. The molecule has 0 aromatic carbocycles. The van der Waals surface area contributed by atoms with Gasteiger partial charge in [-0.3, -0.25) is 9.59 Å². The molecule has 0 aromatic rings. The van der Waals surface area contributed by atoms with Crippen LogP contribution in [-0.4, -0.2) is 36.2 Å². The quantitative estimate of drug-likeness (QED) is 0.606. The van der Waals surface area contributed by atoms with Crippen LogP contribution in [0.4, 0.5) is 0 Å². The first-order valence-corrected chi connectivity index (χ1v) is 9.43. The molecule has 2 N–H and O–H groups in total. The molecule has 0 amide bonds. The van der Waals surface area contributed by atoms with Crippen LogP contribution in [0.5, 0.6) is 0 Å². The van der Waals surface area contributed by atoms with Gasteiger partial charge in [-0.1, -0.05) is 46.4 Å². The minimum Gasteiger partial charge on any atom is -0.481 e. The van der Waals surface area contributed by atoms with E-state index in [0.717, 1.165) is 0 Å². The van der Waals surface area contributed by atoms with Crippen molar-refractivity contribution < 1.29 is 19.8 Å². The van der Waals surface area contributed by atoms with Crippen LogP contribution in [0.2, 0.25) is 0 Å². The van der Waals surface area contributed by atoms with E-state index in [2.05, 4.69) is 0 Å². The maximum atomic E-state index is 11.6. The molecule has 134 valence electrons. The number of alkyl halides is 4. The van der Waals surface area contributed by atoms with E-state index in [9.17, 15) is 14.7 Å². The van der Waals surface area contributed by atoms with Crippen LogP contribution in [0.3, 0.4) is 0 Å². The first kappa shape index (κ1) is 19.2. The Bertz CT molecular complexity index is 664. The van der Waals surface area contributed by atoms with Crippen LogP contribution in [0, 0.1) is 23.7 Å². The molecular formula is C14H12Cl6O4. The van der Waals surface area contributed by atoms with Gasteiger partial charge >= 0.3 is 11.9 Å². The summed E-state index contributed by atoms with van der Waals surface area (Å²) in [5.41, 5.74) is 0. The topological polar surface area (TPSA) is 74.6 Å². The minimum atomic E-state index is -1.73. The van der Waals surface area contributed by atoms with Crippen molar-refractivity contribution in [3.8, 4) is 0 Å². The molecule has 2 bridgehead atoms. The third-order valence-corrected chi connectivity index (χ3v) is 9.99. The zero-order chi connectivity index (χ0) is 18.2. The number of allylic oxidation sites excluding steroid dienone is 2. The van der Waals surface area contributed by atoms with Gasteiger partial charge in [0.05, 0.1) is 16.0 Å². The molecule has 3 aliphatic carbocycles. The molecule has 6 unspecified atom stereocenters. The third kappa shape index (κ3) is 2.07. The normalized spacial score (nSPS) is 46.1. The van der Waals surface area contributed by atoms with Crippen LogP contribution in [0.25, 0.3) is 0 Å². The number of carboxylic acid groups (broad SMARTS) is 2. The fourth-order valence-corrected chi connectivity index (χ4v) is 7.68. The molecule has 0 spiro atoms. The lowest BCUT2D eigenvalue weighted by atomic mass is 9.63. The highest BCUT2D eigenvalue weighted by molar-refractivity contribution is 6.65. The lowest BCUT2D eigenvalue weighted by Gasteiger charge is -2.44. The molecule has 0 aromatic heterocycles. The second-order valence-corrected chi connectivity index (χ2v) is 9.89. The molecule has 10 heteroatoms. The molecule has 2 fully saturated rings. The molecule has 3 aliphatic rings. The number of aliphatic carboxylic acids is 2. The van der Waals surface area contributed by atoms with Crippen LogP contribution in [0.1, 0.15) is 19.3 Å². The maximum absolute atomic E-state index is 11.6. The number of halogens is 6. The van der Waals surface area contributed by atoms with Gasteiger partial charge in [0.2, 0.25) is 0 Å². The van der Waals surface area contributed by atoms with E-state index < -0.39 is 49.7 Å². The summed E-state index contributed by atoms with van der Waals surface area (Å²) >= 11 is 38.9. The zero-order valence-electron chi connectivity index (χ0n) is 11.9. The Morgan fingerprint density at radius 3 is 1.83 bits per heavy atom. The number of hydrogen-bond donors (Lipinski definition) is 2. The summed E-state index contributed by atoms with van der Waals surface area (Å²) in [6.45, 7) is 0. The van der Waals surface area contributed by atoms with E-state index in [1.807, 2.05) is 0 Å². The molecule has 0 saturated heterocycles. The molecule has 0 heterocycles. The van der Waals surface area contributed by atoms with Crippen LogP contribution >= 0.6 is 69.6 Å². The lowest BCUT2D eigenvalue weighted by Crippen LogP contribution is -2.46. The van der Waals surface area contributed by atoms with Crippen molar-refractivity contribution in [1.29, 1.82) is 0 Å². The highest BCUT2D eigenvalue weighted by Crippen LogP contribution is 2.78. The van der Waals surface area contributed by atoms with E-state index in [-0.39, 0.29) is 29.3 Å². The fourth-order valence-electron chi connectivity index (χ4n) is 4.57. The number of carboxylic acids is 2. The van der Waals surface area contributed by atoms with E-state index in [1.165, 1.54) is 0 Å². The molecule has 4 nitrogen and oxygen atoms in total. The third-order valence-electron chi connectivity index (χ3n) is 5.64. The Hall–Kier alpha value is 0.420. The number of carbonyl (C=O) groups is 2. The monoisotopic (exact) mass is 454 g/mol. The molecule has 0 radical (unpaired) electrons. The number of hydrogen-bond acceptors (Lipinski definition) is 2. The molecule has 3 rings (SSSR count). The Kier molecular flexibility index (Phi) is 4.56. The van der Waals surface area contributed by atoms with Gasteiger partial charge in [-0.25, -0.2) is 0 Å². The standard InChI is InChI=1S/C14H12Cl6O4/c15-9-10(16)13(18)7-3-5(11(23)24)4(2-8(21)22)1-6(7)12(9,17)14(13,19)20/h4-7H,1-3H2,(H,21,22)(H,23,24). The van der Waals surface area contributed by atoms with Gasteiger partial charge in [0.1, 0.15) is 9.75 Å². The summed E-state index contributed by atoms with van der Waals surface area (Å²) in [5.74, 6) is -4.68. The second kappa shape index (κ2) is 5.71. The lowest BCUT2D eigenvalue weighted by molar-refractivity contribution is -0.148. The first-order chi connectivity index (χ1) is 10.9. The summed E-state index contributed by atoms with van der Waals surface area (Å²) in [5, 5.41) is 18.7. The Balaban J connectivity index is 2.09. The SMILES string of the molecule is O=C(O)CC1CC2C(CC1C(=O)O)C1(Cl)C(Cl)=C(Cl)C2(Cl)C1(Cl)Cl. The predicted octanol–water partition coefficient (Wildman–Crippen LogP) is 4.65. The fraction of sp³-hybridized carbons (Fsp3) is 0.714. The first-order valence-electron chi connectivity index (χ1n) is 7.17. The predicted molar refractivity (Wildman–Crippen MR) is 93.4 cm³/mol. The van der Waals surface area contributed by atoms with Gasteiger partial charge in [0.15, 0.2) is 4.33 Å². The average Bonchev–Trinajstić information content (AvgIpc) is 2.67. The molecule has 0 aliphatic heterocycles. The van der Waals surface area contributed by atoms with Crippen molar-refractivity contribution in [2.45, 2.75) is 33.3 Å². The van der Waals surface area contributed by atoms with Gasteiger partial charge in [-0.2, -0.15) is 0 Å². The average molecular weight is 457 g/mol. The van der Waals surface area contributed by atoms with Crippen LogP contribution < -0.4 is 0 Å². The van der Waals surface area contributed by atoms with Crippen molar-refractivity contribution in [3.05, 3.63) is 10.1 Å². The zero-order valence-corrected chi connectivity index (χ0v) is 16.4. The summed E-state index contributed by atoms with van der Waals surface area (Å²) in [4.78, 5) is 19.8. The van der Waals surface area contributed by atoms with Gasteiger partial charge < -0.3 is 10.2 Å². The summed E-state index contributed by atoms with van der Waals surface area (Å²) in [6, 6.07) is 0. The molecule has 2 saturated carbocycles. The van der Waals surface area contributed by atoms with Gasteiger partial charge in [0.25, 0.3) is 0 Å². The van der Waals surface area contributed by atoms with Crippen molar-refractivity contribution in [2.75, 3.05) is 0 Å². The van der Waals surface area contributed by atoms with Gasteiger partial charge in [0, 0.05) is 6.42 Å². The molecular weight excluding hydrogens is 445 g/mol. The van der Waals surface area contributed by atoms with Crippen molar-refractivity contribution in [2.24, 2.45) is 23.7 Å². The largest absolute Gasteiger partial charge is 0.481 e. The van der Waals surface area contributed by atoms with E-state index in [1.54, 1.807) is 0 Å². The molecule has 6 atom stereocenters. The van der Waals surface area contributed by atoms with Crippen molar-refractivity contribution >= 4 is 81.5 Å². The second-order valence-electron chi connectivity index (χ2n) is 6.61. The van der Waals surface area contributed by atoms with E-state index in [0.29, 0.717) is 0 Å². The smallest absolute Gasteiger partial charge is 0.306 e. The van der Waals surface area contributed by atoms with Crippen LogP contribution in [-0.2, 0) is 9.59 Å². The Morgan fingerprint density at radius 2 is 1.42 bits per heavy atom. The summed E-state index contributed by atoms with van der Waals surface area (Å²) in [7, 11) is 0. The van der Waals surface area contributed by atoms with Gasteiger partial charge in [-0.15, -0.1) is 23.2 Å². The Morgan fingerprint density at radius 1 is 0.958 bits per heavy atom. The van der Waals surface area contributed by atoms with Crippen molar-refractivity contribution in [3.63, 3.8) is 0 Å². The van der Waals surface area contributed by atoms with Crippen LogP contribution in [0.15, 0.2) is 10.1 Å². The highest BCUT2D eigenvalue weighted by atomic mass is 35.5. The Labute approximate surface area is 168 Å². The number of rotatable bonds is 3. The van der Waals surface area contributed by atoms with E-state index >= 15 is 0 Å². The summed E-state index contributed by atoms with van der Waals surface area (Å²) < 4.78 is -1.73.